The molecule has 0 radical (unpaired) electrons. The van der Waals surface area contributed by atoms with Crippen molar-refractivity contribution in [3.05, 3.63) is 60.6 Å². The molecule has 0 unspecified atom stereocenters. The number of nitrogens with zero attached hydrogens (tertiary/aromatic N) is 1. The zero-order valence-electron chi connectivity index (χ0n) is 10.3. The highest BCUT2D eigenvalue weighted by molar-refractivity contribution is 5.84. The van der Waals surface area contributed by atoms with E-state index in [0.717, 1.165) is 22.3 Å². The highest BCUT2D eigenvalue weighted by atomic mass is 14.7. The zero-order chi connectivity index (χ0) is 13.2. The van der Waals surface area contributed by atoms with Gasteiger partial charge in [0, 0.05) is 40.6 Å². The number of nitrogens with one attached hydrogen (secondary N) is 1. The number of H-pyrrole nitrogens is 1. The summed E-state index contributed by atoms with van der Waals surface area (Å²) in [6.07, 6.45) is 5.04. The Kier molecular flexibility index (Phi) is 2.68. The highest BCUT2D eigenvalue weighted by Gasteiger charge is 2.03. The number of aromatic nitrogens is 2. The second-order valence-electron chi connectivity index (χ2n) is 4.33. The topological polar surface area (TPSA) is 80.7 Å². The predicted molar refractivity (Wildman–Crippen MR) is 77.9 cm³/mol. The van der Waals surface area contributed by atoms with Crippen molar-refractivity contribution in [2.24, 2.45) is 11.5 Å². The van der Waals surface area contributed by atoms with E-state index in [1.165, 1.54) is 11.6 Å². The molecule has 2 aromatic heterocycles. The van der Waals surface area contributed by atoms with E-state index in [1.807, 2.05) is 30.5 Å². The molecule has 19 heavy (non-hydrogen) atoms. The lowest BCUT2D eigenvalue weighted by atomic mass is 10.1. The Labute approximate surface area is 110 Å². The van der Waals surface area contributed by atoms with E-state index in [-0.39, 0.29) is 0 Å². The van der Waals surface area contributed by atoms with Crippen molar-refractivity contribution in [3.8, 4) is 11.3 Å². The quantitative estimate of drug-likeness (QED) is 0.653. The fourth-order valence-corrected chi connectivity index (χ4v) is 2.04. The first-order chi connectivity index (χ1) is 9.28. The van der Waals surface area contributed by atoms with Gasteiger partial charge in [-0.15, -0.1) is 0 Å². The van der Waals surface area contributed by atoms with Crippen LogP contribution in [0.2, 0.25) is 0 Å². The van der Waals surface area contributed by atoms with Crippen molar-refractivity contribution in [2.45, 2.75) is 0 Å². The van der Waals surface area contributed by atoms with E-state index in [9.17, 15) is 0 Å². The minimum absolute atomic E-state index is 0.528. The van der Waals surface area contributed by atoms with Gasteiger partial charge in [0.2, 0.25) is 0 Å². The van der Waals surface area contributed by atoms with Crippen LogP contribution in [-0.4, -0.2) is 9.97 Å². The van der Waals surface area contributed by atoms with Gasteiger partial charge in [-0.2, -0.15) is 0 Å². The Hall–Kier alpha value is -2.75. The lowest BCUT2D eigenvalue weighted by Gasteiger charge is -2.04. The minimum Gasteiger partial charge on any atom is -0.403 e. The Morgan fingerprint density at radius 1 is 1.16 bits per heavy atom. The molecule has 0 saturated heterocycles. The molecule has 3 aromatic rings. The maximum absolute atomic E-state index is 5.74. The molecule has 0 amide bonds. The van der Waals surface area contributed by atoms with Gasteiger partial charge in [0.05, 0.1) is 11.4 Å². The van der Waals surface area contributed by atoms with E-state index in [1.54, 1.807) is 6.20 Å². The average molecular weight is 250 g/mol. The number of hydrogen-bond donors (Lipinski definition) is 3. The van der Waals surface area contributed by atoms with Crippen molar-refractivity contribution in [1.29, 1.82) is 0 Å². The second kappa shape index (κ2) is 4.49. The first kappa shape index (κ1) is 11.3. The summed E-state index contributed by atoms with van der Waals surface area (Å²) in [5.74, 6) is 0. The zero-order valence-corrected chi connectivity index (χ0v) is 10.3. The molecule has 0 saturated carbocycles. The van der Waals surface area contributed by atoms with Gasteiger partial charge in [-0.25, -0.2) is 0 Å². The van der Waals surface area contributed by atoms with Crippen LogP contribution in [-0.2, 0) is 0 Å². The van der Waals surface area contributed by atoms with Crippen LogP contribution >= 0.6 is 0 Å². The highest BCUT2D eigenvalue weighted by Crippen LogP contribution is 2.23. The van der Waals surface area contributed by atoms with Gasteiger partial charge in [-0.3, -0.25) is 4.98 Å². The van der Waals surface area contributed by atoms with Crippen molar-refractivity contribution in [1.82, 2.24) is 9.97 Å². The van der Waals surface area contributed by atoms with Crippen LogP contribution in [0.25, 0.3) is 27.9 Å². The first-order valence-corrected chi connectivity index (χ1v) is 5.99. The Bertz CT molecular complexity index is 738. The predicted octanol–water partition coefficient (Wildman–Crippen LogP) is 2.45. The van der Waals surface area contributed by atoms with Crippen LogP contribution in [0, 0.1) is 0 Å². The number of benzene rings is 1. The molecule has 0 bridgehead atoms. The summed E-state index contributed by atoms with van der Waals surface area (Å²) in [6, 6.07) is 12.1. The van der Waals surface area contributed by atoms with Crippen LogP contribution in [0.1, 0.15) is 5.56 Å². The van der Waals surface area contributed by atoms with Gasteiger partial charge in [0.15, 0.2) is 0 Å². The van der Waals surface area contributed by atoms with E-state index >= 15 is 0 Å². The van der Waals surface area contributed by atoms with Gasteiger partial charge in [-0.1, -0.05) is 6.07 Å². The van der Waals surface area contributed by atoms with E-state index < -0.39 is 0 Å². The lowest BCUT2D eigenvalue weighted by Crippen LogP contribution is -2.00. The summed E-state index contributed by atoms with van der Waals surface area (Å²) in [7, 11) is 0. The third-order valence-corrected chi connectivity index (χ3v) is 3.13. The molecule has 1 aromatic carbocycles. The van der Waals surface area contributed by atoms with Gasteiger partial charge < -0.3 is 16.5 Å². The second-order valence-corrected chi connectivity index (χ2v) is 4.33. The molecule has 5 N–H and O–H groups in total. The van der Waals surface area contributed by atoms with Crippen LogP contribution in [0.4, 0.5) is 0 Å². The van der Waals surface area contributed by atoms with Crippen LogP contribution in [0.15, 0.2) is 55.0 Å². The molecule has 0 aliphatic heterocycles. The number of hydrogen-bond acceptors (Lipinski definition) is 3. The summed E-state index contributed by atoms with van der Waals surface area (Å²) in [4.78, 5) is 7.59. The molecule has 0 fully saturated rings. The largest absolute Gasteiger partial charge is 0.403 e. The molecular formula is C15H14N4. The maximum Gasteiger partial charge on any atom is 0.0702 e. The minimum atomic E-state index is 0.528. The van der Waals surface area contributed by atoms with Crippen LogP contribution in [0.3, 0.4) is 0 Å². The molecular weight excluding hydrogens is 236 g/mol. The standard InChI is InChI=1S/C15H14N4/c16-8-13(17)12-2-4-15(19-9-12)10-1-3-14-11(7-10)5-6-18-14/h1-9,18H,16-17H2/b13-8-. The van der Waals surface area contributed by atoms with Gasteiger partial charge in [-0.05, 0) is 30.3 Å². The van der Waals surface area contributed by atoms with E-state index in [2.05, 4.69) is 22.1 Å². The normalized spacial score (nSPS) is 11.9. The number of pyridine rings is 1. The molecule has 4 heteroatoms. The Balaban J connectivity index is 2.01. The monoisotopic (exact) mass is 250 g/mol. The van der Waals surface area contributed by atoms with Crippen LogP contribution in [0.5, 0.6) is 0 Å². The molecule has 0 atom stereocenters. The van der Waals surface area contributed by atoms with Crippen molar-refractivity contribution in [2.75, 3.05) is 0 Å². The first-order valence-electron chi connectivity index (χ1n) is 5.99. The fraction of sp³-hybridized carbons (Fsp3) is 0. The van der Waals surface area contributed by atoms with Gasteiger partial charge >= 0.3 is 0 Å². The van der Waals surface area contributed by atoms with Gasteiger partial charge in [0.25, 0.3) is 0 Å². The molecule has 4 nitrogen and oxygen atoms in total. The summed E-state index contributed by atoms with van der Waals surface area (Å²) in [5, 5.41) is 1.17. The third kappa shape index (κ3) is 2.04. The fourth-order valence-electron chi connectivity index (χ4n) is 2.04. The molecule has 0 aliphatic rings. The van der Waals surface area contributed by atoms with E-state index in [0.29, 0.717) is 5.70 Å². The number of nitrogens with two attached hydrogens (primary N) is 2. The third-order valence-electron chi connectivity index (χ3n) is 3.13. The average Bonchev–Trinajstić information content (AvgIpc) is 2.94. The number of rotatable bonds is 2. The summed E-state index contributed by atoms with van der Waals surface area (Å²) < 4.78 is 0. The van der Waals surface area contributed by atoms with Crippen molar-refractivity contribution >= 4 is 16.6 Å². The number of fused-ring (bicyclic) bond motifs is 1. The molecule has 0 aliphatic carbocycles. The van der Waals surface area contributed by atoms with Crippen molar-refractivity contribution in [3.63, 3.8) is 0 Å². The Morgan fingerprint density at radius 2 is 2.05 bits per heavy atom. The Morgan fingerprint density at radius 3 is 2.79 bits per heavy atom. The smallest absolute Gasteiger partial charge is 0.0702 e. The lowest BCUT2D eigenvalue weighted by molar-refractivity contribution is 1.29. The molecule has 94 valence electrons. The van der Waals surface area contributed by atoms with Gasteiger partial charge in [0.1, 0.15) is 0 Å². The summed E-state index contributed by atoms with van der Waals surface area (Å²) >= 11 is 0. The maximum atomic E-state index is 5.74. The summed E-state index contributed by atoms with van der Waals surface area (Å²) in [6.45, 7) is 0. The van der Waals surface area contributed by atoms with E-state index in [4.69, 9.17) is 11.5 Å². The SMILES string of the molecule is N/C=C(\N)c1ccc(-c2ccc3[nH]ccc3c2)nc1. The number of aromatic amines is 1. The summed E-state index contributed by atoms with van der Waals surface area (Å²) in [5.41, 5.74) is 15.6. The van der Waals surface area contributed by atoms with Crippen LogP contribution < -0.4 is 11.5 Å². The van der Waals surface area contributed by atoms with Crippen molar-refractivity contribution < 1.29 is 0 Å². The molecule has 0 spiro atoms. The molecule has 3 rings (SSSR count). The molecule has 2 heterocycles.